The Morgan fingerprint density at radius 1 is 1.41 bits per heavy atom. The Morgan fingerprint density at radius 2 is 2.18 bits per heavy atom. The van der Waals surface area contributed by atoms with E-state index < -0.39 is 0 Å². The summed E-state index contributed by atoms with van der Waals surface area (Å²) in [4.78, 5) is 20.0. The third-order valence-corrected chi connectivity index (χ3v) is 3.28. The minimum Gasteiger partial charge on any atom is -0.274 e. The van der Waals surface area contributed by atoms with Crippen LogP contribution in [0.5, 0.6) is 0 Å². The fraction of sp³-hybridized carbons (Fsp3) is 0.0909. The number of nitrogens with zero attached hydrogens (tertiary/aromatic N) is 3. The summed E-state index contributed by atoms with van der Waals surface area (Å²) >= 11 is 8.35. The average Bonchev–Trinajstić information content (AvgIpc) is 2.73. The Bertz CT molecular complexity index is 806. The second-order valence-electron chi connectivity index (χ2n) is 3.69. The molecule has 4 nitrogen and oxygen atoms in total. The number of aromatic nitrogens is 1. The molecule has 0 aliphatic carbocycles. The standard InChI is InChI=1S/C11H6BrN3OS/c1-5(16)15-8-3-2-6(12)4-7(8)9-10(15)14-11(17)13-9/h2-4H,1H3. The van der Waals surface area contributed by atoms with Crippen molar-refractivity contribution < 1.29 is 4.79 Å². The predicted molar refractivity (Wildman–Crippen MR) is 70.8 cm³/mol. The third kappa shape index (κ3) is 1.48. The summed E-state index contributed by atoms with van der Waals surface area (Å²) in [6.45, 7) is 1.50. The minimum atomic E-state index is -0.0952. The van der Waals surface area contributed by atoms with E-state index in [-0.39, 0.29) is 11.0 Å². The molecule has 1 aliphatic heterocycles. The SMILES string of the molecule is CC(=O)n1c2c(c3cc(Br)ccc31)=NC(=S)N=2. The fourth-order valence-electron chi connectivity index (χ4n) is 1.98. The van der Waals surface area contributed by atoms with E-state index in [1.165, 1.54) is 6.92 Å². The Kier molecular flexibility index (Phi) is 2.24. The number of fused-ring (bicyclic) bond motifs is 3. The van der Waals surface area contributed by atoms with Crippen molar-refractivity contribution in [1.29, 1.82) is 0 Å². The number of carbonyl (C=O) groups is 1. The van der Waals surface area contributed by atoms with Gasteiger partial charge in [0.15, 0.2) is 5.49 Å². The molecule has 0 spiro atoms. The molecule has 0 amide bonds. The maximum atomic E-state index is 11.7. The van der Waals surface area contributed by atoms with Crippen molar-refractivity contribution >= 4 is 50.1 Å². The van der Waals surface area contributed by atoms with Gasteiger partial charge in [-0.15, -0.1) is 0 Å². The lowest BCUT2D eigenvalue weighted by Gasteiger charge is -1.99. The number of benzene rings is 1. The van der Waals surface area contributed by atoms with Crippen LogP contribution in [0.2, 0.25) is 0 Å². The molecule has 1 aliphatic rings. The molecule has 17 heavy (non-hydrogen) atoms. The summed E-state index contributed by atoms with van der Waals surface area (Å²) in [6, 6.07) is 5.67. The number of halogens is 1. The summed E-state index contributed by atoms with van der Waals surface area (Å²) in [7, 11) is 0. The second-order valence-corrected chi connectivity index (χ2v) is 4.98. The third-order valence-electron chi connectivity index (χ3n) is 2.60. The van der Waals surface area contributed by atoms with Gasteiger partial charge in [-0.3, -0.25) is 9.36 Å². The van der Waals surface area contributed by atoms with E-state index in [9.17, 15) is 4.79 Å². The molecule has 0 N–H and O–H groups in total. The van der Waals surface area contributed by atoms with Crippen LogP contribution in [0.25, 0.3) is 10.9 Å². The van der Waals surface area contributed by atoms with Gasteiger partial charge in [0, 0.05) is 16.8 Å². The number of rotatable bonds is 0. The minimum absolute atomic E-state index is 0.0952. The van der Waals surface area contributed by atoms with Crippen molar-refractivity contribution in [3.63, 3.8) is 0 Å². The molecule has 1 aromatic carbocycles. The van der Waals surface area contributed by atoms with Crippen molar-refractivity contribution in [3.8, 4) is 0 Å². The van der Waals surface area contributed by atoms with Crippen molar-refractivity contribution in [2.45, 2.75) is 6.92 Å². The first-order valence-corrected chi connectivity index (χ1v) is 6.10. The second kappa shape index (κ2) is 3.54. The predicted octanol–water partition coefficient (Wildman–Crippen LogP) is 1.60. The first kappa shape index (κ1) is 10.7. The first-order valence-electron chi connectivity index (χ1n) is 4.90. The first-order chi connectivity index (χ1) is 8.08. The van der Waals surface area contributed by atoms with Gasteiger partial charge in [-0.1, -0.05) is 15.9 Å². The van der Waals surface area contributed by atoms with Gasteiger partial charge < -0.3 is 0 Å². The molecule has 84 valence electrons. The summed E-state index contributed by atoms with van der Waals surface area (Å²) in [5.74, 6) is -0.0952. The lowest BCUT2D eigenvalue weighted by atomic mass is 10.2. The van der Waals surface area contributed by atoms with Crippen LogP contribution in [-0.4, -0.2) is 15.6 Å². The van der Waals surface area contributed by atoms with E-state index in [2.05, 4.69) is 25.9 Å². The van der Waals surface area contributed by atoms with E-state index in [1.807, 2.05) is 18.2 Å². The van der Waals surface area contributed by atoms with Crippen LogP contribution in [0.1, 0.15) is 11.7 Å². The molecule has 0 radical (unpaired) electrons. The molecule has 3 rings (SSSR count). The van der Waals surface area contributed by atoms with E-state index >= 15 is 0 Å². The highest BCUT2D eigenvalue weighted by molar-refractivity contribution is 9.10. The molecular formula is C11H6BrN3OS. The van der Waals surface area contributed by atoms with Gasteiger partial charge in [0.25, 0.3) is 0 Å². The summed E-state index contributed by atoms with van der Waals surface area (Å²) in [5, 5.41) is 1.83. The highest BCUT2D eigenvalue weighted by Crippen LogP contribution is 2.17. The van der Waals surface area contributed by atoms with Crippen LogP contribution in [0.4, 0.5) is 0 Å². The molecule has 0 unspecified atom stereocenters. The number of thiocarbonyl (C=S) groups is 1. The Balaban J connectivity index is 2.63. The molecule has 1 aromatic heterocycles. The van der Waals surface area contributed by atoms with Gasteiger partial charge in [0.1, 0.15) is 5.36 Å². The van der Waals surface area contributed by atoms with E-state index in [4.69, 9.17) is 12.2 Å². The maximum absolute atomic E-state index is 11.7. The Labute approximate surface area is 110 Å². The molecule has 0 bridgehead atoms. The monoisotopic (exact) mass is 307 g/mol. The zero-order valence-corrected chi connectivity index (χ0v) is 11.2. The average molecular weight is 308 g/mol. The van der Waals surface area contributed by atoms with Crippen molar-refractivity contribution in [2.24, 2.45) is 9.98 Å². The molecule has 0 saturated carbocycles. The summed E-state index contributed by atoms with van der Waals surface area (Å²) in [6.07, 6.45) is 0. The molecular weight excluding hydrogens is 302 g/mol. The smallest absolute Gasteiger partial charge is 0.229 e. The lowest BCUT2D eigenvalue weighted by Crippen LogP contribution is -2.29. The molecule has 2 aromatic rings. The number of hydrogen-bond donors (Lipinski definition) is 0. The highest BCUT2D eigenvalue weighted by Gasteiger charge is 2.17. The van der Waals surface area contributed by atoms with E-state index in [0.717, 1.165) is 15.4 Å². The van der Waals surface area contributed by atoms with Gasteiger partial charge in [-0.2, -0.15) is 4.99 Å². The summed E-state index contributed by atoms with van der Waals surface area (Å²) < 4.78 is 2.47. The van der Waals surface area contributed by atoms with Crippen LogP contribution < -0.4 is 10.8 Å². The van der Waals surface area contributed by atoms with Crippen LogP contribution in [0.3, 0.4) is 0 Å². The lowest BCUT2D eigenvalue weighted by molar-refractivity contribution is 0.0937. The van der Waals surface area contributed by atoms with Gasteiger partial charge in [0.05, 0.1) is 5.52 Å². The topological polar surface area (TPSA) is 46.7 Å². The highest BCUT2D eigenvalue weighted by atomic mass is 79.9. The van der Waals surface area contributed by atoms with E-state index in [1.54, 1.807) is 4.57 Å². The molecule has 2 heterocycles. The number of carbonyl (C=O) groups excluding carboxylic acids is 1. The molecule has 0 fully saturated rings. The van der Waals surface area contributed by atoms with Crippen LogP contribution >= 0.6 is 28.1 Å². The quantitative estimate of drug-likeness (QED) is 0.694. The molecule has 0 atom stereocenters. The Hall–Kier alpha value is -1.40. The normalized spacial score (nSPS) is 13.4. The van der Waals surface area contributed by atoms with Crippen molar-refractivity contribution in [3.05, 3.63) is 33.5 Å². The maximum Gasteiger partial charge on any atom is 0.229 e. The van der Waals surface area contributed by atoms with Gasteiger partial charge in [-0.25, -0.2) is 4.99 Å². The van der Waals surface area contributed by atoms with Crippen molar-refractivity contribution in [2.75, 3.05) is 0 Å². The van der Waals surface area contributed by atoms with Crippen molar-refractivity contribution in [1.82, 2.24) is 4.57 Å². The zero-order valence-electron chi connectivity index (χ0n) is 8.77. The van der Waals surface area contributed by atoms with Crippen LogP contribution in [0.15, 0.2) is 32.7 Å². The molecule has 6 heteroatoms. The van der Waals surface area contributed by atoms with Gasteiger partial charge >= 0.3 is 0 Å². The van der Waals surface area contributed by atoms with Gasteiger partial charge in [0.2, 0.25) is 11.0 Å². The summed E-state index contributed by atoms with van der Waals surface area (Å²) in [5.41, 5.74) is 1.34. The Morgan fingerprint density at radius 3 is 2.88 bits per heavy atom. The van der Waals surface area contributed by atoms with Gasteiger partial charge in [-0.05, 0) is 30.4 Å². The van der Waals surface area contributed by atoms with Crippen LogP contribution in [0, 0.1) is 0 Å². The molecule has 0 saturated heterocycles. The van der Waals surface area contributed by atoms with Crippen LogP contribution in [-0.2, 0) is 0 Å². The largest absolute Gasteiger partial charge is 0.274 e. The van der Waals surface area contributed by atoms with E-state index in [0.29, 0.717) is 10.8 Å². The number of hydrogen-bond acceptors (Lipinski definition) is 2. The fourth-order valence-corrected chi connectivity index (χ4v) is 2.52. The zero-order chi connectivity index (χ0) is 12.2.